The van der Waals surface area contributed by atoms with Crippen molar-refractivity contribution in [1.82, 2.24) is 0 Å². The van der Waals surface area contributed by atoms with Gasteiger partial charge in [0.25, 0.3) is 0 Å². The summed E-state index contributed by atoms with van der Waals surface area (Å²) in [6.07, 6.45) is -0.533. The summed E-state index contributed by atoms with van der Waals surface area (Å²) in [6.45, 7) is 0. The third kappa shape index (κ3) is 3.13. The van der Waals surface area contributed by atoms with Crippen LogP contribution in [0.1, 0.15) is 0 Å². The van der Waals surface area contributed by atoms with E-state index in [-0.39, 0.29) is 10.7 Å². The van der Waals surface area contributed by atoms with Crippen LogP contribution in [0.3, 0.4) is 0 Å². The predicted molar refractivity (Wildman–Crippen MR) is 40.2 cm³/mol. The molecule has 2 atom stereocenters. The third-order valence-corrected chi connectivity index (χ3v) is 2.68. The molecule has 0 aliphatic heterocycles. The Balaban J connectivity index is 3.29. The molecule has 0 radical (unpaired) electrons. The van der Waals surface area contributed by atoms with Gasteiger partial charge >= 0.3 is 0 Å². The maximum atomic E-state index is 8.86. The van der Waals surface area contributed by atoms with E-state index < -0.39 is 6.10 Å². The van der Waals surface area contributed by atoms with Crippen LogP contribution in [0.4, 0.5) is 0 Å². The first-order valence-electron chi connectivity index (χ1n) is 2.16. The van der Waals surface area contributed by atoms with Crippen LogP contribution >= 0.6 is 39.1 Å². The highest BCUT2D eigenvalue weighted by atomic mass is 79.9. The minimum absolute atomic E-state index is 0.0818. The van der Waals surface area contributed by atoms with Crippen molar-refractivity contribution in [2.75, 3.05) is 11.8 Å². The summed E-state index contributed by atoms with van der Waals surface area (Å²) in [4.78, 5) is -0.0818. The van der Waals surface area contributed by atoms with Gasteiger partial charge < -0.3 is 5.11 Å². The Morgan fingerprint density at radius 3 is 2.00 bits per heavy atom. The molecule has 0 aromatic heterocycles. The van der Waals surface area contributed by atoms with E-state index in [0.717, 1.165) is 0 Å². The number of rotatable bonds is 3. The second kappa shape index (κ2) is 4.86. The van der Waals surface area contributed by atoms with Gasteiger partial charge in [-0.2, -0.15) is 0 Å². The second-order valence-electron chi connectivity index (χ2n) is 1.39. The van der Waals surface area contributed by atoms with Gasteiger partial charge in [-0.25, -0.2) is 0 Å². The molecule has 0 fully saturated rings. The fourth-order valence-corrected chi connectivity index (χ4v) is 1.02. The van der Waals surface area contributed by atoms with E-state index >= 15 is 0 Å². The van der Waals surface area contributed by atoms with Gasteiger partial charge in [0.15, 0.2) is 0 Å². The van der Waals surface area contributed by atoms with Crippen LogP contribution in [0.15, 0.2) is 0 Å². The number of aliphatic hydroxyl groups excluding tert-OH is 1. The number of alkyl halides is 3. The average Bonchev–Trinajstić information content (AvgIpc) is 1.84. The molecule has 0 amide bonds. The van der Waals surface area contributed by atoms with Crippen LogP contribution in [0.5, 0.6) is 0 Å². The summed E-state index contributed by atoms with van der Waals surface area (Å²) in [5, 5.41) is 8.86. The minimum Gasteiger partial charge on any atom is -0.391 e. The molecular formula is C4H7BrCl2O. The van der Waals surface area contributed by atoms with Crippen molar-refractivity contribution in [3.63, 3.8) is 0 Å². The predicted octanol–water partition coefficient (Wildman–Crippen LogP) is 1.59. The molecule has 0 saturated heterocycles. The highest BCUT2D eigenvalue weighted by Crippen LogP contribution is 2.08. The zero-order valence-electron chi connectivity index (χ0n) is 4.15. The molecule has 0 aromatic carbocycles. The minimum atomic E-state index is -0.533. The van der Waals surface area contributed by atoms with Crippen LogP contribution in [0.2, 0.25) is 0 Å². The first kappa shape index (κ1) is 9.02. The quantitative estimate of drug-likeness (QED) is 0.718. The summed E-state index contributed by atoms with van der Waals surface area (Å²) < 4.78 is 0. The number of hydrogen-bond donors (Lipinski definition) is 1. The van der Waals surface area contributed by atoms with E-state index in [9.17, 15) is 0 Å². The fourth-order valence-electron chi connectivity index (χ4n) is 0.200. The average molecular weight is 222 g/mol. The standard InChI is InChI=1S/C4H7BrCl2O/c5-3(1-6)4(8)2-7/h3-4,8H,1-2H2. The fraction of sp³-hybridized carbons (Fsp3) is 1.00. The lowest BCUT2D eigenvalue weighted by atomic mass is 10.3. The van der Waals surface area contributed by atoms with Crippen LogP contribution in [-0.4, -0.2) is 27.8 Å². The number of hydrogen-bond acceptors (Lipinski definition) is 1. The summed E-state index contributed by atoms with van der Waals surface area (Å²) in [6, 6.07) is 0. The lowest BCUT2D eigenvalue weighted by Crippen LogP contribution is -2.22. The van der Waals surface area contributed by atoms with Gasteiger partial charge in [0.1, 0.15) is 0 Å². The monoisotopic (exact) mass is 220 g/mol. The Hall–Kier alpha value is 1.02. The first-order valence-corrected chi connectivity index (χ1v) is 4.15. The molecule has 4 heteroatoms. The molecule has 50 valence electrons. The summed E-state index contributed by atoms with van der Waals surface area (Å²) in [5.41, 5.74) is 0. The van der Waals surface area contributed by atoms with Crippen molar-refractivity contribution < 1.29 is 5.11 Å². The molecule has 2 unspecified atom stereocenters. The van der Waals surface area contributed by atoms with Crippen molar-refractivity contribution in [2.45, 2.75) is 10.9 Å². The maximum absolute atomic E-state index is 8.86. The largest absolute Gasteiger partial charge is 0.391 e. The van der Waals surface area contributed by atoms with Gasteiger partial charge in [-0.3, -0.25) is 0 Å². The van der Waals surface area contributed by atoms with Gasteiger partial charge in [0.05, 0.1) is 10.9 Å². The SMILES string of the molecule is OC(CCl)C(Br)CCl. The van der Waals surface area contributed by atoms with Crippen molar-refractivity contribution in [3.8, 4) is 0 Å². The molecule has 0 rings (SSSR count). The zero-order valence-corrected chi connectivity index (χ0v) is 7.25. The lowest BCUT2D eigenvalue weighted by molar-refractivity contribution is 0.202. The molecule has 0 aliphatic rings. The maximum Gasteiger partial charge on any atom is 0.0811 e. The van der Waals surface area contributed by atoms with E-state index in [1.807, 2.05) is 0 Å². The zero-order chi connectivity index (χ0) is 6.57. The summed E-state index contributed by atoms with van der Waals surface area (Å²) in [7, 11) is 0. The van der Waals surface area contributed by atoms with Gasteiger partial charge in [0, 0.05) is 11.8 Å². The van der Waals surface area contributed by atoms with Crippen LogP contribution < -0.4 is 0 Å². The lowest BCUT2D eigenvalue weighted by Gasteiger charge is -2.09. The summed E-state index contributed by atoms with van der Waals surface area (Å²) in [5.74, 6) is 0.608. The smallest absolute Gasteiger partial charge is 0.0811 e. The molecule has 0 spiro atoms. The highest BCUT2D eigenvalue weighted by Gasteiger charge is 2.12. The molecule has 0 aromatic rings. The molecule has 0 aliphatic carbocycles. The van der Waals surface area contributed by atoms with Crippen molar-refractivity contribution in [2.24, 2.45) is 0 Å². The molecule has 1 N–H and O–H groups in total. The Bertz CT molecular complexity index is 54.0. The molecule has 0 saturated carbocycles. The molecular weight excluding hydrogens is 215 g/mol. The van der Waals surface area contributed by atoms with Gasteiger partial charge in [-0.1, -0.05) is 15.9 Å². The van der Waals surface area contributed by atoms with E-state index in [1.165, 1.54) is 0 Å². The Morgan fingerprint density at radius 2 is 1.88 bits per heavy atom. The van der Waals surface area contributed by atoms with Crippen LogP contribution in [-0.2, 0) is 0 Å². The van der Waals surface area contributed by atoms with E-state index in [4.69, 9.17) is 28.3 Å². The number of aliphatic hydroxyl groups is 1. The van der Waals surface area contributed by atoms with Crippen LogP contribution in [0.25, 0.3) is 0 Å². The Labute approximate surface area is 67.1 Å². The van der Waals surface area contributed by atoms with E-state index in [0.29, 0.717) is 5.88 Å². The van der Waals surface area contributed by atoms with Crippen LogP contribution in [0, 0.1) is 0 Å². The second-order valence-corrected chi connectivity index (χ2v) is 3.19. The Kier molecular flexibility index (Phi) is 5.48. The molecule has 8 heavy (non-hydrogen) atoms. The topological polar surface area (TPSA) is 20.2 Å². The normalized spacial score (nSPS) is 18.0. The Morgan fingerprint density at radius 1 is 1.38 bits per heavy atom. The van der Waals surface area contributed by atoms with Gasteiger partial charge in [0.2, 0.25) is 0 Å². The van der Waals surface area contributed by atoms with E-state index in [1.54, 1.807) is 0 Å². The van der Waals surface area contributed by atoms with Crippen molar-refractivity contribution >= 4 is 39.1 Å². The molecule has 0 heterocycles. The molecule has 1 nitrogen and oxygen atoms in total. The summed E-state index contributed by atoms with van der Waals surface area (Å²) >= 11 is 13.8. The molecule has 0 bridgehead atoms. The number of halogens is 3. The third-order valence-electron chi connectivity index (χ3n) is 0.723. The highest BCUT2D eigenvalue weighted by molar-refractivity contribution is 9.09. The first-order chi connectivity index (χ1) is 3.72. The van der Waals surface area contributed by atoms with E-state index in [2.05, 4.69) is 15.9 Å². The van der Waals surface area contributed by atoms with Crippen molar-refractivity contribution in [3.05, 3.63) is 0 Å². The van der Waals surface area contributed by atoms with Gasteiger partial charge in [-0.05, 0) is 0 Å². The van der Waals surface area contributed by atoms with Gasteiger partial charge in [-0.15, -0.1) is 23.2 Å². The van der Waals surface area contributed by atoms with Crippen molar-refractivity contribution in [1.29, 1.82) is 0 Å².